The van der Waals surface area contributed by atoms with Gasteiger partial charge in [-0.05, 0) is 44.2 Å². The summed E-state index contributed by atoms with van der Waals surface area (Å²) in [6, 6.07) is 3.83. The Morgan fingerprint density at radius 1 is 1.53 bits per heavy atom. The fourth-order valence-electron chi connectivity index (χ4n) is 2.53. The molecule has 1 aromatic rings. The van der Waals surface area contributed by atoms with Crippen molar-refractivity contribution in [1.29, 1.82) is 0 Å². The predicted molar refractivity (Wildman–Crippen MR) is 70.9 cm³/mol. The molecule has 0 aromatic carbocycles. The highest BCUT2D eigenvalue weighted by atomic mass is 16.5. The monoisotopic (exact) mass is 261 g/mol. The second-order valence-electron chi connectivity index (χ2n) is 4.81. The molecule has 0 fully saturated rings. The number of ketones is 1. The molecule has 102 valence electrons. The van der Waals surface area contributed by atoms with E-state index in [-0.39, 0.29) is 17.7 Å². The molecule has 0 bridgehead atoms. The van der Waals surface area contributed by atoms with Crippen molar-refractivity contribution >= 4 is 11.8 Å². The van der Waals surface area contributed by atoms with Crippen LogP contribution in [0, 0.1) is 5.92 Å². The number of aryl methyl sites for hydroxylation is 1. The van der Waals surface area contributed by atoms with Gasteiger partial charge in [0.2, 0.25) is 0 Å². The normalized spacial score (nSPS) is 18.6. The van der Waals surface area contributed by atoms with Gasteiger partial charge in [-0.3, -0.25) is 14.6 Å². The molecular weight excluding hydrogens is 242 g/mol. The maximum atomic E-state index is 12.4. The molecule has 4 heteroatoms. The van der Waals surface area contributed by atoms with Gasteiger partial charge in [0.1, 0.15) is 5.69 Å². The van der Waals surface area contributed by atoms with Gasteiger partial charge < -0.3 is 4.74 Å². The Hall–Kier alpha value is -1.71. The van der Waals surface area contributed by atoms with Crippen LogP contribution in [0.4, 0.5) is 0 Å². The lowest BCUT2D eigenvalue weighted by molar-refractivity contribution is -0.143. The molecule has 0 amide bonds. The Labute approximate surface area is 113 Å². The molecule has 0 spiro atoms. The average molecular weight is 261 g/mol. The quantitative estimate of drug-likeness (QED) is 0.617. The summed E-state index contributed by atoms with van der Waals surface area (Å²) in [4.78, 5) is 28.0. The maximum absolute atomic E-state index is 12.4. The molecule has 4 nitrogen and oxygen atoms in total. The molecule has 0 saturated carbocycles. The van der Waals surface area contributed by atoms with Gasteiger partial charge in [0, 0.05) is 18.5 Å². The van der Waals surface area contributed by atoms with E-state index in [1.165, 1.54) is 0 Å². The van der Waals surface area contributed by atoms with Crippen LogP contribution >= 0.6 is 0 Å². The van der Waals surface area contributed by atoms with E-state index in [1.807, 2.05) is 12.1 Å². The van der Waals surface area contributed by atoms with E-state index in [2.05, 4.69) is 4.98 Å². The van der Waals surface area contributed by atoms with Gasteiger partial charge in [-0.2, -0.15) is 0 Å². The van der Waals surface area contributed by atoms with E-state index in [0.29, 0.717) is 25.1 Å². The molecule has 1 aliphatic carbocycles. The lowest BCUT2D eigenvalue weighted by Gasteiger charge is -2.12. The number of esters is 1. The van der Waals surface area contributed by atoms with Crippen LogP contribution in [0.25, 0.3) is 0 Å². The van der Waals surface area contributed by atoms with Crippen molar-refractivity contribution in [2.75, 3.05) is 6.61 Å². The average Bonchev–Trinajstić information content (AvgIpc) is 2.57. The summed E-state index contributed by atoms with van der Waals surface area (Å²) in [5.41, 5.74) is 1.62. The summed E-state index contributed by atoms with van der Waals surface area (Å²) in [6.07, 6.45) is 5.22. The van der Waals surface area contributed by atoms with Crippen LogP contribution in [0.15, 0.2) is 18.3 Å². The van der Waals surface area contributed by atoms with Crippen LogP contribution in [0.3, 0.4) is 0 Å². The summed E-state index contributed by atoms with van der Waals surface area (Å²) >= 11 is 0. The smallest absolute Gasteiger partial charge is 0.305 e. The zero-order valence-electron chi connectivity index (χ0n) is 11.2. The summed E-state index contributed by atoms with van der Waals surface area (Å²) in [5, 5.41) is 0. The number of carbonyl (C=O) groups is 2. The number of pyridine rings is 1. The molecule has 0 aliphatic heterocycles. The van der Waals surface area contributed by atoms with E-state index in [4.69, 9.17) is 4.74 Å². The Morgan fingerprint density at radius 2 is 2.37 bits per heavy atom. The minimum Gasteiger partial charge on any atom is -0.466 e. The highest BCUT2D eigenvalue weighted by Gasteiger charge is 2.26. The van der Waals surface area contributed by atoms with Crippen LogP contribution in [-0.2, 0) is 16.0 Å². The molecule has 0 saturated heterocycles. The van der Waals surface area contributed by atoms with Crippen molar-refractivity contribution in [2.24, 2.45) is 5.92 Å². The third-order valence-corrected chi connectivity index (χ3v) is 3.50. The van der Waals surface area contributed by atoms with Crippen molar-refractivity contribution in [3.8, 4) is 0 Å². The second kappa shape index (κ2) is 6.45. The third kappa shape index (κ3) is 3.40. The van der Waals surface area contributed by atoms with Gasteiger partial charge >= 0.3 is 5.97 Å². The van der Waals surface area contributed by atoms with Crippen molar-refractivity contribution in [2.45, 2.75) is 39.0 Å². The Bertz CT molecular complexity index is 470. The Kier molecular flexibility index (Phi) is 4.66. The van der Waals surface area contributed by atoms with E-state index < -0.39 is 0 Å². The first kappa shape index (κ1) is 13.7. The molecular formula is C15H19NO3. The standard InChI is InChI=1S/C15H19NO3/c1-2-19-13(17)9-8-12-6-3-5-11-7-4-10-16-14(11)15(12)18/h4,7,10,12H,2-3,5-6,8-9H2,1H3. The van der Waals surface area contributed by atoms with Crippen LogP contribution < -0.4 is 0 Å². The molecule has 19 heavy (non-hydrogen) atoms. The van der Waals surface area contributed by atoms with Gasteiger partial charge in [-0.25, -0.2) is 0 Å². The van der Waals surface area contributed by atoms with Gasteiger partial charge in [0.15, 0.2) is 5.78 Å². The second-order valence-corrected chi connectivity index (χ2v) is 4.81. The highest BCUT2D eigenvalue weighted by Crippen LogP contribution is 2.26. The zero-order valence-corrected chi connectivity index (χ0v) is 11.2. The molecule has 1 unspecified atom stereocenters. The number of fused-ring (bicyclic) bond motifs is 1. The SMILES string of the molecule is CCOC(=O)CCC1CCCc2cccnc2C1=O. The summed E-state index contributed by atoms with van der Waals surface area (Å²) in [7, 11) is 0. The summed E-state index contributed by atoms with van der Waals surface area (Å²) in [6.45, 7) is 2.18. The predicted octanol–water partition coefficient (Wildman–Crippen LogP) is 2.56. The largest absolute Gasteiger partial charge is 0.466 e. The van der Waals surface area contributed by atoms with Crippen molar-refractivity contribution < 1.29 is 14.3 Å². The Balaban J connectivity index is 2.03. The topological polar surface area (TPSA) is 56.3 Å². The highest BCUT2D eigenvalue weighted by molar-refractivity contribution is 5.97. The molecule has 0 radical (unpaired) electrons. The molecule has 1 atom stereocenters. The molecule has 2 rings (SSSR count). The van der Waals surface area contributed by atoms with Gasteiger partial charge in [-0.15, -0.1) is 0 Å². The number of aromatic nitrogens is 1. The third-order valence-electron chi connectivity index (χ3n) is 3.50. The molecule has 1 aromatic heterocycles. The summed E-state index contributed by atoms with van der Waals surface area (Å²) < 4.78 is 4.90. The number of carbonyl (C=O) groups excluding carboxylic acids is 2. The number of rotatable bonds is 4. The van der Waals surface area contributed by atoms with Crippen molar-refractivity contribution in [1.82, 2.24) is 4.98 Å². The van der Waals surface area contributed by atoms with Crippen molar-refractivity contribution in [3.63, 3.8) is 0 Å². The van der Waals surface area contributed by atoms with E-state index in [9.17, 15) is 9.59 Å². The minimum absolute atomic E-state index is 0.0809. The van der Waals surface area contributed by atoms with E-state index in [1.54, 1.807) is 13.1 Å². The molecule has 1 heterocycles. The maximum Gasteiger partial charge on any atom is 0.305 e. The van der Waals surface area contributed by atoms with Crippen LogP contribution in [0.5, 0.6) is 0 Å². The van der Waals surface area contributed by atoms with E-state index >= 15 is 0 Å². The van der Waals surface area contributed by atoms with Gasteiger partial charge in [0.25, 0.3) is 0 Å². The van der Waals surface area contributed by atoms with Gasteiger partial charge in [-0.1, -0.05) is 6.07 Å². The zero-order chi connectivity index (χ0) is 13.7. The first-order valence-corrected chi connectivity index (χ1v) is 6.86. The Morgan fingerprint density at radius 3 is 3.16 bits per heavy atom. The fourth-order valence-corrected chi connectivity index (χ4v) is 2.53. The number of hydrogen-bond donors (Lipinski definition) is 0. The van der Waals surface area contributed by atoms with Crippen LogP contribution in [-0.4, -0.2) is 23.3 Å². The molecule has 0 N–H and O–H groups in total. The molecule has 1 aliphatic rings. The lowest BCUT2D eigenvalue weighted by Crippen LogP contribution is -2.17. The first-order valence-electron chi connectivity index (χ1n) is 6.86. The summed E-state index contributed by atoms with van der Waals surface area (Å²) in [5.74, 6) is -0.237. The van der Waals surface area contributed by atoms with Crippen LogP contribution in [0.2, 0.25) is 0 Å². The number of ether oxygens (including phenoxy) is 1. The van der Waals surface area contributed by atoms with Gasteiger partial charge in [0.05, 0.1) is 6.61 Å². The lowest BCUT2D eigenvalue weighted by atomic mass is 9.93. The minimum atomic E-state index is -0.221. The van der Waals surface area contributed by atoms with E-state index in [0.717, 1.165) is 24.8 Å². The first-order chi connectivity index (χ1) is 9.22. The fraction of sp³-hybridized carbons (Fsp3) is 0.533. The number of Topliss-reactive ketones (excluding diaryl/α,β-unsaturated/α-hetero) is 1. The van der Waals surface area contributed by atoms with Crippen LogP contribution in [0.1, 0.15) is 48.7 Å². The number of nitrogens with zero attached hydrogens (tertiary/aromatic N) is 1. The van der Waals surface area contributed by atoms with Crippen molar-refractivity contribution in [3.05, 3.63) is 29.6 Å². The number of hydrogen-bond acceptors (Lipinski definition) is 4.